The van der Waals surface area contributed by atoms with E-state index in [2.05, 4.69) is 10.3 Å². The SMILES string of the molecule is COc1cc(C(=O)OC2C(=O)N(C3C(=O)N(C(C(=O)NCCC4CCC4)C(C)C)C3CCc3cccc4cccnc34)C(=O)C2OC(=O)c2ccc(Cl)c(OC)c2)ccc1Cl. The number of β-lactam (4-membered cyclic amide) rings is 1. The molecule has 0 radical (unpaired) electrons. The Morgan fingerprint density at radius 1 is 0.803 bits per heavy atom. The Bertz CT molecular complexity index is 2280. The van der Waals surface area contributed by atoms with Crippen LogP contribution >= 0.6 is 23.2 Å². The van der Waals surface area contributed by atoms with Crippen molar-refractivity contribution in [3.63, 3.8) is 0 Å². The minimum absolute atomic E-state index is 0.0805. The Morgan fingerprint density at radius 2 is 1.39 bits per heavy atom. The lowest BCUT2D eigenvalue weighted by Gasteiger charge is -2.53. The molecular formula is C45H46Cl2N4O10. The second kappa shape index (κ2) is 18.5. The van der Waals surface area contributed by atoms with Crippen LogP contribution in [-0.4, -0.2) is 101 Å². The van der Waals surface area contributed by atoms with Gasteiger partial charge >= 0.3 is 11.9 Å². The van der Waals surface area contributed by atoms with Gasteiger partial charge in [0.05, 0.1) is 47.0 Å². The van der Waals surface area contributed by atoms with Crippen LogP contribution in [-0.2, 0) is 35.1 Å². The number of hydrogen-bond acceptors (Lipinski definition) is 11. The molecule has 5 unspecified atom stereocenters. The summed E-state index contributed by atoms with van der Waals surface area (Å²) in [5.41, 5.74) is 1.44. The van der Waals surface area contributed by atoms with Crippen LogP contribution < -0.4 is 14.8 Å². The molecule has 1 N–H and O–H groups in total. The maximum atomic E-state index is 14.6. The van der Waals surface area contributed by atoms with Gasteiger partial charge in [0.1, 0.15) is 23.6 Å². The molecule has 1 aromatic heterocycles. The van der Waals surface area contributed by atoms with Crippen LogP contribution in [0.5, 0.6) is 11.5 Å². The van der Waals surface area contributed by atoms with E-state index in [1.165, 1.54) is 61.9 Å². The van der Waals surface area contributed by atoms with Gasteiger partial charge in [-0.05, 0) is 79.1 Å². The molecule has 16 heteroatoms. The van der Waals surface area contributed by atoms with Gasteiger partial charge in [0.2, 0.25) is 24.0 Å². The third-order valence-electron chi connectivity index (χ3n) is 11.7. The number of aryl methyl sites for hydroxylation is 1. The zero-order valence-electron chi connectivity index (χ0n) is 34.1. The largest absolute Gasteiger partial charge is 0.495 e. The lowest BCUT2D eigenvalue weighted by Crippen LogP contribution is -2.76. The highest BCUT2D eigenvalue weighted by Crippen LogP contribution is 2.38. The van der Waals surface area contributed by atoms with Gasteiger partial charge < -0.3 is 29.2 Å². The molecule has 14 nitrogen and oxygen atoms in total. The first kappa shape index (κ1) is 43.4. The Morgan fingerprint density at radius 3 is 1.93 bits per heavy atom. The van der Waals surface area contributed by atoms with Gasteiger partial charge in [-0.2, -0.15) is 0 Å². The van der Waals surface area contributed by atoms with Gasteiger partial charge in [0.15, 0.2) is 0 Å². The minimum atomic E-state index is -2.00. The maximum absolute atomic E-state index is 14.6. The number of halogens is 2. The number of para-hydroxylation sites is 1. The summed E-state index contributed by atoms with van der Waals surface area (Å²) in [6, 6.07) is 14.3. The van der Waals surface area contributed by atoms with Gasteiger partial charge in [-0.1, -0.05) is 80.6 Å². The maximum Gasteiger partial charge on any atom is 0.339 e. The summed E-state index contributed by atoms with van der Waals surface area (Å²) in [5.74, 6) is -4.78. The van der Waals surface area contributed by atoms with E-state index in [1.54, 1.807) is 6.20 Å². The molecule has 4 amide bonds. The van der Waals surface area contributed by atoms with E-state index >= 15 is 0 Å². The molecule has 0 spiro atoms. The van der Waals surface area contributed by atoms with E-state index in [1.807, 2.05) is 44.2 Å². The molecule has 3 fully saturated rings. The molecule has 3 aliphatic rings. The van der Waals surface area contributed by atoms with E-state index in [4.69, 9.17) is 42.1 Å². The highest BCUT2D eigenvalue weighted by Gasteiger charge is 2.64. The highest BCUT2D eigenvalue weighted by atomic mass is 35.5. The Kier molecular flexibility index (Phi) is 13.1. The minimum Gasteiger partial charge on any atom is -0.495 e. The number of imide groups is 1. The molecule has 5 atom stereocenters. The van der Waals surface area contributed by atoms with E-state index in [9.17, 15) is 28.8 Å². The summed E-state index contributed by atoms with van der Waals surface area (Å²) in [7, 11) is 2.70. The quantitative estimate of drug-likeness (QED) is 0.0770. The third kappa shape index (κ3) is 8.74. The number of pyridine rings is 1. The molecule has 1 aliphatic carbocycles. The molecule has 4 aromatic rings. The van der Waals surface area contributed by atoms with E-state index in [0.717, 1.165) is 40.6 Å². The number of esters is 2. The Balaban J connectivity index is 1.22. The van der Waals surface area contributed by atoms with Crippen LogP contribution in [0, 0.1) is 11.8 Å². The van der Waals surface area contributed by atoms with Crippen molar-refractivity contribution < 1.29 is 47.7 Å². The normalized spacial score (nSPS) is 20.6. The van der Waals surface area contributed by atoms with Crippen molar-refractivity contribution in [2.75, 3.05) is 20.8 Å². The summed E-state index contributed by atoms with van der Waals surface area (Å²) in [6.45, 7) is 4.11. The van der Waals surface area contributed by atoms with Gasteiger partial charge in [-0.3, -0.25) is 29.1 Å². The second-order valence-electron chi connectivity index (χ2n) is 15.8. The van der Waals surface area contributed by atoms with Crippen LogP contribution in [0.1, 0.15) is 72.2 Å². The van der Waals surface area contributed by atoms with E-state index in [0.29, 0.717) is 18.9 Å². The van der Waals surface area contributed by atoms with Crippen molar-refractivity contribution in [1.82, 2.24) is 20.1 Å². The van der Waals surface area contributed by atoms with Crippen molar-refractivity contribution in [2.45, 2.75) is 82.7 Å². The summed E-state index contributed by atoms with van der Waals surface area (Å²) < 4.78 is 21.9. The fourth-order valence-electron chi connectivity index (χ4n) is 8.26. The second-order valence-corrected chi connectivity index (χ2v) is 16.6. The third-order valence-corrected chi connectivity index (χ3v) is 12.3. The highest BCUT2D eigenvalue weighted by molar-refractivity contribution is 6.32. The van der Waals surface area contributed by atoms with Gasteiger partial charge in [-0.25, -0.2) is 9.59 Å². The number of carbonyl (C=O) groups excluding carboxylic acids is 6. The van der Waals surface area contributed by atoms with Crippen molar-refractivity contribution in [3.8, 4) is 11.5 Å². The number of rotatable bonds is 16. The van der Waals surface area contributed by atoms with Gasteiger partial charge in [-0.15, -0.1) is 0 Å². The number of amides is 4. The number of methoxy groups -OCH3 is 2. The molecular weight excluding hydrogens is 827 g/mol. The fraction of sp³-hybridized carbons (Fsp3) is 0.400. The zero-order chi connectivity index (χ0) is 43.5. The molecule has 3 heterocycles. The Labute approximate surface area is 362 Å². The van der Waals surface area contributed by atoms with Crippen molar-refractivity contribution >= 4 is 69.7 Å². The average molecular weight is 874 g/mol. The predicted molar refractivity (Wildman–Crippen MR) is 224 cm³/mol. The van der Waals surface area contributed by atoms with Gasteiger partial charge in [0, 0.05) is 18.1 Å². The summed E-state index contributed by atoms with van der Waals surface area (Å²) >= 11 is 12.4. The number of nitrogens with zero attached hydrogens (tertiary/aromatic N) is 3. The molecule has 2 aliphatic heterocycles. The fourth-order valence-corrected chi connectivity index (χ4v) is 8.65. The molecule has 61 heavy (non-hydrogen) atoms. The van der Waals surface area contributed by atoms with Crippen LogP contribution in [0.2, 0.25) is 10.0 Å². The number of carbonyl (C=O) groups is 6. The van der Waals surface area contributed by atoms with Crippen LogP contribution in [0.25, 0.3) is 10.9 Å². The number of nitrogens with one attached hydrogen (secondary N) is 1. The number of hydrogen-bond donors (Lipinski definition) is 1. The van der Waals surface area contributed by atoms with E-state index < -0.39 is 60.0 Å². The molecule has 1 saturated carbocycles. The Hall–Kier alpha value is -5.73. The number of fused-ring (bicyclic) bond motifs is 1. The number of benzene rings is 3. The lowest BCUT2D eigenvalue weighted by molar-refractivity contribution is -0.176. The first-order valence-electron chi connectivity index (χ1n) is 20.2. The van der Waals surface area contributed by atoms with Crippen molar-refractivity contribution in [2.24, 2.45) is 11.8 Å². The first-order valence-corrected chi connectivity index (χ1v) is 21.0. The van der Waals surface area contributed by atoms with Gasteiger partial charge in [0.25, 0.3) is 11.8 Å². The predicted octanol–water partition coefficient (Wildman–Crippen LogP) is 6.22. The number of likely N-dealkylation sites (tertiary alicyclic amines) is 2. The zero-order valence-corrected chi connectivity index (χ0v) is 35.6. The smallest absolute Gasteiger partial charge is 0.339 e. The van der Waals surface area contributed by atoms with Crippen molar-refractivity contribution in [3.05, 3.63) is 99.7 Å². The van der Waals surface area contributed by atoms with Crippen LogP contribution in [0.3, 0.4) is 0 Å². The first-order chi connectivity index (χ1) is 29.3. The van der Waals surface area contributed by atoms with E-state index in [-0.39, 0.29) is 50.9 Å². The lowest BCUT2D eigenvalue weighted by atomic mass is 9.82. The van der Waals surface area contributed by atoms with Crippen LogP contribution in [0.4, 0.5) is 0 Å². The molecule has 7 rings (SSSR count). The van der Waals surface area contributed by atoms with Crippen LogP contribution in [0.15, 0.2) is 72.9 Å². The number of ether oxygens (including phenoxy) is 4. The topological polar surface area (TPSA) is 171 Å². The average Bonchev–Trinajstić information content (AvgIpc) is 3.45. The molecule has 2 saturated heterocycles. The summed E-state index contributed by atoms with van der Waals surface area (Å²) in [4.78, 5) is 91.7. The van der Waals surface area contributed by atoms with Crippen molar-refractivity contribution in [1.29, 1.82) is 0 Å². The number of aromatic nitrogens is 1. The molecule has 320 valence electrons. The molecule has 0 bridgehead atoms. The monoisotopic (exact) mass is 872 g/mol. The standard InChI is InChI=1S/C45H46Cl2N4O10/c1-24(2)36(40(52)49-21-19-25-8-5-9-25)50-32(18-15-27-11-6-10-26-12-7-20-48-35(26)27)37(41(50)53)51-42(54)38(60-44(56)28-13-16-30(46)33(22-28)58-3)39(43(51)55)61-45(57)29-14-17-31(47)34(23-29)59-4/h6-7,10-14,16-17,20,22-25,32,36-39H,5,8-9,15,18-19,21H2,1-4H3,(H,49,52). The molecule has 3 aromatic carbocycles. The summed E-state index contributed by atoms with van der Waals surface area (Å²) in [5, 5.41) is 4.33. The summed E-state index contributed by atoms with van der Waals surface area (Å²) in [6.07, 6.45) is 2.49.